The van der Waals surface area contributed by atoms with Crippen LogP contribution in [0.2, 0.25) is 0 Å². The van der Waals surface area contributed by atoms with Crippen molar-refractivity contribution in [2.24, 2.45) is 11.1 Å². The first-order chi connectivity index (χ1) is 15.4. The Morgan fingerprint density at radius 1 is 1.22 bits per heavy atom. The van der Waals surface area contributed by atoms with Gasteiger partial charge in [-0.1, -0.05) is 24.9 Å². The molecule has 0 aliphatic heterocycles. The minimum atomic E-state index is -3.71. The highest BCUT2D eigenvalue weighted by Gasteiger charge is 2.26. The number of hydrogen-bond donors (Lipinski definition) is 2. The van der Waals surface area contributed by atoms with Crippen LogP contribution in [0.5, 0.6) is 0 Å². The molecule has 2 aliphatic rings. The maximum atomic E-state index is 13.4. The molecule has 0 amide bonds. The summed E-state index contributed by atoms with van der Waals surface area (Å²) >= 11 is 0. The molecular formula is C24H32N4O3S. The smallest absolute Gasteiger partial charge is 0.241 e. The maximum Gasteiger partial charge on any atom is 0.241 e. The molecular weight excluding hydrogens is 424 g/mol. The molecule has 2 saturated carbocycles. The highest BCUT2D eigenvalue weighted by atomic mass is 32.2. The van der Waals surface area contributed by atoms with E-state index in [0.29, 0.717) is 29.0 Å². The van der Waals surface area contributed by atoms with Crippen LogP contribution in [0.4, 0.5) is 5.82 Å². The monoisotopic (exact) mass is 456 g/mol. The summed E-state index contributed by atoms with van der Waals surface area (Å²) in [5, 5.41) is 7.53. The molecule has 4 rings (SSSR count). The number of nitrogens with zero attached hydrogens (tertiary/aromatic N) is 2. The van der Waals surface area contributed by atoms with Gasteiger partial charge in [-0.25, -0.2) is 18.1 Å². The van der Waals surface area contributed by atoms with Gasteiger partial charge >= 0.3 is 0 Å². The molecule has 7 nitrogen and oxygen atoms in total. The zero-order chi connectivity index (χ0) is 22.7. The van der Waals surface area contributed by atoms with Crippen LogP contribution in [0.15, 0.2) is 40.1 Å². The second kappa shape index (κ2) is 9.58. The molecule has 0 unspecified atom stereocenters. The van der Waals surface area contributed by atoms with Crippen LogP contribution < -0.4 is 10.0 Å². The largest absolute Gasteiger partial charge is 0.370 e. The predicted molar refractivity (Wildman–Crippen MR) is 129 cm³/mol. The maximum absolute atomic E-state index is 13.4. The average Bonchev–Trinajstić information content (AvgIpc) is 3.47. The van der Waals surface area contributed by atoms with Gasteiger partial charge in [0.05, 0.1) is 10.4 Å². The van der Waals surface area contributed by atoms with Gasteiger partial charge in [-0.3, -0.25) is 0 Å². The Kier molecular flexibility index (Phi) is 6.81. The van der Waals surface area contributed by atoms with Crippen LogP contribution in [0, 0.1) is 5.92 Å². The Balaban J connectivity index is 1.81. The number of nitrogens with one attached hydrogen (secondary N) is 2. The molecule has 1 aromatic heterocycles. The first kappa shape index (κ1) is 22.7. The molecule has 2 aliphatic carbocycles. The van der Waals surface area contributed by atoms with E-state index in [1.165, 1.54) is 12.8 Å². The highest BCUT2D eigenvalue weighted by molar-refractivity contribution is 7.89. The minimum absolute atomic E-state index is 0.0117. The highest BCUT2D eigenvalue weighted by Crippen LogP contribution is 2.33. The van der Waals surface area contributed by atoms with Crippen LogP contribution >= 0.6 is 0 Å². The normalized spacial score (nSPS) is 17.9. The van der Waals surface area contributed by atoms with Gasteiger partial charge in [0.25, 0.3) is 0 Å². The Morgan fingerprint density at radius 3 is 2.62 bits per heavy atom. The summed E-state index contributed by atoms with van der Waals surface area (Å²) in [6.07, 6.45) is 7.02. The summed E-state index contributed by atoms with van der Waals surface area (Å²) in [7, 11) is -3.71. The topological polar surface area (TPSA) is 92.7 Å². The lowest BCUT2D eigenvalue weighted by Gasteiger charge is -2.17. The lowest BCUT2D eigenvalue weighted by molar-refractivity contribution is 0.234. The van der Waals surface area contributed by atoms with E-state index in [1.807, 2.05) is 32.0 Å². The van der Waals surface area contributed by atoms with Crippen molar-refractivity contribution in [3.05, 3.63) is 35.6 Å². The van der Waals surface area contributed by atoms with Crippen molar-refractivity contribution in [1.82, 2.24) is 9.71 Å². The van der Waals surface area contributed by atoms with Crippen LogP contribution in [0.3, 0.4) is 0 Å². The second-order valence-corrected chi connectivity index (χ2v) is 10.5. The van der Waals surface area contributed by atoms with E-state index >= 15 is 0 Å². The molecule has 1 aromatic carbocycles. The molecule has 2 fully saturated rings. The summed E-state index contributed by atoms with van der Waals surface area (Å²) in [5.41, 5.74) is 2.27. The Hall–Kier alpha value is -2.45. The van der Waals surface area contributed by atoms with E-state index in [9.17, 15) is 8.42 Å². The van der Waals surface area contributed by atoms with Gasteiger partial charge in [0, 0.05) is 24.7 Å². The first-order valence-corrected chi connectivity index (χ1v) is 12.9. The molecule has 0 radical (unpaired) electrons. The van der Waals surface area contributed by atoms with Gasteiger partial charge in [0.1, 0.15) is 11.6 Å². The first-order valence-electron chi connectivity index (χ1n) is 11.5. The number of oxime groups is 1. The molecule has 0 spiro atoms. The Bertz CT molecular complexity index is 1130. The zero-order valence-corrected chi connectivity index (χ0v) is 19.7. The molecule has 2 aromatic rings. The number of fused-ring (bicyclic) bond motifs is 1. The fourth-order valence-electron chi connectivity index (χ4n) is 4.40. The Morgan fingerprint density at radius 2 is 1.97 bits per heavy atom. The van der Waals surface area contributed by atoms with Crippen molar-refractivity contribution < 1.29 is 13.3 Å². The van der Waals surface area contributed by atoms with Crippen LogP contribution in [-0.4, -0.2) is 32.7 Å². The van der Waals surface area contributed by atoms with Crippen molar-refractivity contribution in [2.45, 2.75) is 69.7 Å². The molecule has 0 atom stereocenters. The number of aromatic nitrogens is 1. The summed E-state index contributed by atoms with van der Waals surface area (Å²) in [5.74, 6) is 2.07. The van der Waals surface area contributed by atoms with E-state index < -0.39 is 10.0 Å². The summed E-state index contributed by atoms with van der Waals surface area (Å²) in [4.78, 5) is 10.3. The molecule has 32 heavy (non-hydrogen) atoms. The molecule has 1 heterocycles. The van der Waals surface area contributed by atoms with Crippen LogP contribution in [-0.2, 0) is 14.9 Å². The fourth-order valence-corrected chi connectivity index (χ4v) is 5.95. The second-order valence-electron chi connectivity index (χ2n) is 8.77. The van der Waals surface area contributed by atoms with Crippen molar-refractivity contribution in [2.75, 3.05) is 11.9 Å². The summed E-state index contributed by atoms with van der Waals surface area (Å²) in [6, 6.07) is 7.37. The van der Waals surface area contributed by atoms with Gasteiger partial charge in [-0.05, 0) is 80.3 Å². The molecule has 0 bridgehead atoms. The lowest BCUT2D eigenvalue weighted by atomic mass is 10.0. The number of hydrogen-bond acceptors (Lipinski definition) is 6. The van der Waals surface area contributed by atoms with Gasteiger partial charge in [-0.15, -0.1) is 0 Å². The Labute approximate surface area is 190 Å². The van der Waals surface area contributed by atoms with E-state index in [1.54, 1.807) is 6.07 Å². The number of pyridine rings is 1. The third-order valence-electron chi connectivity index (χ3n) is 6.33. The van der Waals surface area contributed by atoms with E-state index in [-0.39, 0.29) is 10.9 Å². The number of anilines is 1. The number of benzene rings is 1. The lowest BCUT2D eigenvalue weighted by Crippen LogP contribution is -2.32. The SMILES string of the molecule is C=NO/C(C)=C(\CC)c1cc(S(=O)(=O)NC2CCCC2)c2ccc(NCC3CC3)nc2c1. The number of allylic oxidation sites excluding steroid dienone is 2. The van der Waals surface area contributed by atoms with Gasteiger partial charge in [0.15, 0.2) is 0 Å². The average molecular weight is 457 g/mol. The van der Waals surface area contributed by atoms with Crippen molar-refractivity contribution in [3.63, 3.8) is 0 Å². The van der Waals surface area contributed by atoms with E-state index in [0.717, 1.165) is 49.2 Å². The molecule has 2 N–H and O–H groups in total. The van der Waals surface area contributed by atoms with Gasteiger partial charge in [-0.2, -0.15) is 0 Å². The van der Waals surface area contributed by atoms with Crippen LogP contribution in [0.25, 0.3) is 16.5 Å². The standard InChI is InChI=1S/C24H32N4O3S/c1-4-20(16(2)31-25-3)18-13-22-21(11-12-24(27-22)26-15-17-9-10-17)23(14-18)32(29,30)28-19-7-5-6-8-19/h11-14,17,19,28H,3-10,15H2,1-2H3,(H,26,27)/b20-16+. The van der Waals surface area contributed by atoms with E-state index in [4.69, 9.17) is 9.82 Å². The van der Waals surface area contributed by atoms with Crippen LogP contribution in [0.1, 0.15) is 64.4 Å². The predicted octanol–water partition coefficient (Wildman–Crippen LogP) is 5.05. The molecule has 8 heteroatoms. The summed E-state index contributed by atoms with van der Waals surface area (Å²) < 4.78 is 29.8. The van der Waals surface area contributed by atoms with Gasteiger partial charge in [0.2, 0.25) is 10.0 Å². The number of rotatable bonds is 10. The van der Waals surface area contributed by atoms with Crippen molar-refractivity contribution >= 4 is 39.0 Å². The molecule has 0 saturated heterocycles. The summed E-state index contributed by atoms with van der Waals surface area (Å²) in [6.45, 7) is 8.10. The van der Waals surface area contributed by atoms with E-state index in [2.05, 4.69) is 21.9 Å². The number of sulfonamides is 1. The van der Waals surface area contributed by atoms with Gasteiger partial charge < -0.3 is 10.2 Å². The zero-order valence-electron chi connectivity index (χ0n) is 18.9. The van der Waals surface area contributed by atoms with Crippen molar-refractivity contribution in [1.29, 1.82) is 0 Å². The minimum Gasteiger partial charge on any atom is -0.370 e. The fraction of sp³-hybridized carbons (Fsp3) is 0.500. The molecule has 172 valence electrons. The quantitative estimate of drug-likeness (QED) is 0.296. The van der Waals surface area contributed by atoms with Crippen molar-refractivity contribution in [3.8, 4) is 0 Å². The third kappa shape index (κ3) is 5.13. The third-order valence-corrected chi connectivity index (χ3v) is 7.89.